The second-order valence-electron chi connectivity index (χ2n) is 7.15. The van der Waals surface area contributed by atoms with Crippen molar-refractivity contribution in [2.45, 2.75) is 72.6 Å². The van der Waals surface area contributed by atoms with Crippen molar-refractivity contribution < 1.29 is 0 Å². The van der Waals surface area contributed by atoms with Crippen LogP contribution < -0.4 is 0 Å². The van der Waals surface area contributed by atoms with E-state index in [0.717, 1.165) is 17.8 Å². The van der Waals surface area contributed by atoms with Gasteiger partial charge in [0.1, 0.15) is 0 Å². The fourth-order valence-electron chi connectivity index (χ4n) is 3.04. The van der Waals surface area contributed by atoms with Crippen LogP contribution in [0.3, 0.4) is 0 Å². The molecule has 0 N–H and O–H groups in total. The Kier molecular flexibility index (Phi) is 7.97. The first-order valence-electron chi connectivity index (χ1n) is 8.30. The van der Waals surface area contributed by atoms with Crippen LogP contribution in [0.25, 0.3) is 0 Å². The Balaban J connectivity index is 2.02. The summed E-state index contributed by atoms with van der Waals surface area (Å²) in [5.74, 6) is 2.80. The Morgan fingerprint density at radius 3 is 2.00 bits per heavy atom. The van der Waals surface area contributed by atoms with Crippen LogP contribution in [0.5, 0.6) is 0 Å². The first kappa shape index (κ1) is 16.0. The normalized spacial score (nSPS) is 19.0. The van der Waals surface area contributed by atoms with E-state index in [1.54, 1.807) is 0 Å². The topological polar surface area (TPSA) is 3.24 Å². The van der Waals surface area contributed by atoms with Gasteiger partial charge >= 0.3 is 0 Å². The molecular weight excluding hydrogens is 218 g/mol. The zero-order valence-corrected chi connectivity index (χ0v) is 13.3. The van der Waals surface area contributed by atoms with E-state index in [2.05, 4.69) is 32.6 Å². The fourth-order valence-corrected chi connectivity index (χ4v) is 3.04. The van der Waals surface area contributed by atoms with Crippen molar-refractivity contribution in [3.8, 4) is 0 Å². The van der Waals surface area contributed by atoms with E-state index in [4.69, 9.17) is 0 Å². The van der Waals surface area contributed by atoms with E-state index < -0.39 is 0 Å². The van der Waals surface area contributed by atoms with E-state index in [9.17, 15) is 0 Å². The van der Waals surface area contributed by atoms with Gasteiger partial charge in [0.25, 0.3) is 0 Å². The number of likely N-dealkylation sites (tertiary alicyclic amines) is 1. The highest BCUT2D eigenvalue weighted by atomic mass is 15.1. The molecule has 1 aliphatic rings. The average Bonchev–Trinajstić information content (AvgIpc) is 2.30. The van der Waals surface area contributed by atoms with Gasteiger partial charge in [0.2, 0.25) is 0 Å². The molecule has 0 aromatic heterocycles. The quantitative estimate of drug-likeness (QED) is 0.591. The van der Waals surface area contributed by atoms with Crippen LogP contribution in [-0.2, 0) is 0 Å². The summed E-state index contributed by atoms with van der Waals surface area (Å²) >= 11 is 0. The van der Waals surface area contributed by atoms with E-state index >= 15 is 0 Å². The van der Waals surface area contributed by atoms with E-state index in [1.165, 1.54) is 64.6 Å². The zero-order valence-electron chi connectivity index (χ0n) is 13.3. The van der Waals surface area contributed by atoms with Crippen molar-refractivity contribution in [2.75, 3.05) is 19.6 Å². The van der Waals surface area contributed by atoms with E-state index in [-0.39, 0.29) is 0 Å². The van der Waals surface area contributed by atoms with Crippen molar-refractivity contribution in [3.63, 3.8) is 0 Å². The molecule has 1 rings (SSSR count). The third kappa shape index (κ3) is 7.41. The number of hydrogen-bond acceptors (Lipinski definition) is 1. The molecule has 0 amide bonds. The van der Waals surface area contributed by atoms with Crippen LogP contribution in [0, 0.1) is 17.8 Å². The SMILES string of the molecule is CC(C)CCCC1CCN(CCCC(C)C)CC1. The van der Waals surface area contributed by atoms with Crippen LogP contribution in [0.4, 0.5) is 0 Å². The monoisotopic (exact) mass is 253 g/mol. The van der Waals surface area contributed by atoms with E-state index in [0.29, 0.717) is 0 Å². The van der Waals surface area contributed by atoms with Gasteiger partial charge in [0.15, 0.2) is 0 Å². The molecule has 1 nitrogen and oxygen atoms in total. The Morgan fingerprint density at radius 1 is 0.889 bits per heavy atom. The lowest BCUT2D eigenvalue weighted by atomic mass is 9.90. The van der Waals surface area contributed by atoms with Crippen molar-refractivity contribution in [3.05, 3.63) is 0 Å². The Hall–Kier alpha value is -0.0400. The Labute approximate surface area is 115 Å². The minimum absolute atomic E-state index is 0.874. The van der Waals surface area contributed by atoms with Crippen molar-refractivity contribution >= 4 is 0 Å². The largest absolute Gasteiger partial charge is 0.303 e. The Bertz CT molecular complexity index is 168. The van der Waals surface area contributed by atoms with Gasteiger partial charge in [-0.1, -0.05) is 47.0 Å². The molecule has 1 heteroatoms. The summed E-state index contributed by atoms with van der Waals surface area (Å²) in [6, 6.07) is 0. The molecule has 0 unspecified atom stereocenters. The Morgan fingerprint density at radius 2 is 1.44 bits per heavy atom. The van der Waals surface area contributed by atoms with Gasteiger partial charge in [-0.3, -0.25) is 0 Å². The minimum atomic E-state index is 0.874. The number of nitrogens with zero attached hydrogens (tertiary/aromatic N) is 1. The maximum Gasteiger partial charge on any atom is -0.00161 e. The van der Waals surface area contributed by atoms with Gasteiger partial charge in [0.05, 0.1) is 0 Å². The first-order chi connectivity index (χ1) is 8.58. The molecule has 0 saturated carbocycles. The molecule has 1 heterocycles. The minimum Gasteiger partial charge on any atom is -0.303 e. The number of hydrogen-bond donors (Lipinski definition) is 0. The lowest BCUT2D eigenvalue weighted by Gasteiger charge is -2.32. The maximum absolute atomic E-state index is 2.70. The second-order valence-corrected chi connectivity index (χ2v) is 7.15. The summed E-state index contributed by atoms with van der Waals surface area (Å²) in [5.41, 5.74) is 0. The molecule has 1 saturated heterocycles. The molecule has 18 heavy (non-hydrogen) atoms. The van der Waals surface area contributed by atoms with Crippen molar-refractivity contribution in [1.29, 1.82) is 0 Å². The van der Waals surface area contributed by atoms with Crippen LogP contribution in [-0.4, -0.2) is 24.5 Å². The lowest BCUT2D eigenvalue weighted by molar-refractivity contribution is 0.172. The second kappa shape index (κ2) is 8.96. The van der Waals surface area contributed by atoms with Crippen molar-refractivity contribution in [2.24, 2.45) is 17.8 Å². The van der Waals surface area contributed by atoms with Crippen LogP contribution in [0.1, 0.15) is 72.6 Å². The highest BCUT2D eigenvalue weighted by molar-refractivity contribution is 4.72. The highest BCUT2D eigenvalue weighted by Gasteiger charge is 2.18. The van der Waals surface area contributed by atoms with E-state index in [1.807, 2.05) is 0 Å². The molecular formula is C17H35N. The third-order valence-electron chi connectivity index (χ3n) is 4.36. The van der Waals surface area contributed by atoms with Crippen LogP contribution >= 0.6 is 0 Å². The fraction of sp³-hybridized carbons (Fsp3) is 1.00. The molecule has 0 aliphatic carbocycles. The number of piperidine rings is 1. The first-order valence-corrected chi connectivity index (χ1v) is 8.30. The van der Waals surface area contributed by atoms with Crippen LogP contribution in [0.15, 0.2) is 0 Å². The molecule has 0 bridgehead atoms. The standard InChI is InChI=1S/C17H35N/c1-15(2)7-5-9-17-10-13-18(14-11-17)12-6-8-16(3)4/h15-17H,5-14H2,1-4H3. The zero-order chi connectivity index (χ0) is 13.4. The predicted octanol–water partition coefficient (Wildman–Crippen LogP) is 4.96. The van der Waals surface area contributed by atoms with Gasteiger partial charge in [0, 0.05) is 0 Å². The number of rotatable bonds is 8. The average molecular weight is 253 g/mol. The lowest BCUT2D eigenvalue weighted by Crippen LogP contribution is -2.34. The van der Waals surface area contributed by atoms with Crippen LogP contribution in [0.2, 0.25) is 0 Å². The summed E-state index contributed by atoms with van der Waals surface area (Å²) < 4.78 is 0. The molecule has 1 fully saturated rings. The third-order valence-corrected chi connectivity index (χ3v) is 4.36. The maximum atomic E-state index is 2.70. The van der Waals surface area contributed by atoms with Crippen molar-refractivity contribution in [1.82, 2.24) is 4.90 Å². The molecule has 0 aromatic carbocycles. The molecule has 0 atom stereocenters. The molecule has 108 valence electrons. The molecule has 0 aromatic rings. The van der Waals surface area contributed by atoms with Gasteiger partial charge in [-0.25, -0.2) is 0 Å². The summed E-state index contributed by atoms with van der Waals surface area (Å²) in [7, 11) is 0. The molecule has 0 radical (unpaired) electrons. The van der Waals surface area contributed by atoms with Gasteiger partial charge in [-0.2, -0.15) is 0 Å². The summed E-state index contributed by atoms with van der Waals surface area (Å²) in [5, 5.41) is 0. The summed E-state index contributed by atoms with van der Waals surface area (Å²) in [6.45, 7) is 13.4. The van der Waals surface area contributed by atoms with Gasteiger partial charge in [-0.05, 0) is 63.1 Å². The van der Waals surface area contributed by atoms with Gasteiger partial charge < -0.3 is 4.90 Å². The predicted molar refractivity (Wildman–Crippen MR) is 81.9 cm³/mol. The smallest absolute Gasteiger partial charge is 0.00161 e. The molecule has 0 spiro atoms. The highest BCUT2D eigenvalue weighted by Crippen LogP contribution is 2.23. The molecule has 1 aliphatic heterocycles. The van der Waals surface area contributed by atoms with Gasteiger partial charge in [-0.15, -0.1) is 0 Å². The summed E-state index contributed by atoms with van der Waals surface area (Å²) in [4.78, 5) is 2.70. The summed E-state index contributed by atoms with van der Waals surface area (Å²) in [6.07, 6.45) is 10.1.